The Hall–Kier alpha value is -1.34. The number of carbonyl (C=O) groups excluding carboxylic acids is 1. The van der Waals surface area contributed by atoms with Gasteiger partial charge in [-0.25, -0.2) is 13.1 Å². The number of hydrogen-bond donors (Lipinski definition) is 2. The summed E-state index contributed by atoms with van der Waals surface area (Å²) in [5.74, 6) is -0.263. The number of amides is 1. The third-order valence-electron chi connectivity index (χ3n) is 4.56. The number of nitrogens with two attached hydrogens (primary N) is 1. The first kappa shape index (κ1) is 17.0. The van der Waals surface area contributed by atoms with Gasteiger partial charge in [0.2, 0.25) is 10.0 Å². The van der Waals surface area contributed by atoms with Gasteiger partial charge in [0, 0.05) is 19.8 Å². The molecule has 1 aromatic heterocycles. The van der Waals surface area contributed by atoms with E-state index >= 15 is 0 Å². The fourth-order valence-electron chi connectivity index (χ4n) is 2.90. The van der Waals surface area contributed by atoms with E-state index in [2.05, 4.69) is 18.6 Å². The average molecular weight is 327 g/mol. The molecule has 1 aliphatic rings. The molecule has 0 unspecified atom stereocenters. The van der Waals surface area contributed by atoms with Gasteiger partial charge in [-0.05, 0) is 43.1 Å². The minimum atomic E-state index is -3.60. The van der Waals surface area contributed by atoms with E-state index in [1.807, 2.05) is 0 Å². The van der Waals surface area contributed by atoms with Gasteiger partial charge in [-0.2, -0.15) is 0 Å². The number of nitrogens with zero attached hydrogens (tertiary/aromatic N) is 1. The summed E-state index contributed by atoms with van der Waals surface area (Å²) < 4.78 is 28.7. The zero-order valence-electron chi connectivity index (χ0n) is 13.4. The van der Waals surface area contributed by atoms with Crippen LogP contribution in [0.5, 0.6) is 0 Å². The number of aryl methyl sites for hydroxylation is 1. The number of aromatic nitrogens is 1. The summed E-state index contributed by atoms with van der Waals surface area (Å²) in [6.07, 6.45) is 5.73. The first-order valence-corrected chi connectivity index (χ1v) is 9.05. The summed E-state index contributed by atoms with van der Waals surface area (Å²) in [6, 6.07) is 1.31. The number of nitrogens with one attached hydrogen (secondary N) is 1. The average Bonchev–Trinajstić information content (AvgIpc) is 2.80. The van der Waals surface area contributed by atoms with Crippen LogP contribution in [-0.2, 0) is 17.1 Å². The molecule has 6 nitrogen and oxygen atoms in total. The van der Waals surface area contributed by atoms with Crippen LogP contribution >= 0.6 is 0 Å². The molecule has 0 radical (unpaired) electrons. The van der Waals surface area contributed by atoms with E-state index in [0.717, 1.165) is 25.7 Å². The number of carbonyl (C=O) groups is 1. The molecule has 0 aromatic carbocycles. The second kappa shape index (κ2) is 6.04. The zero-order valence-corrected chi connectivity index (χ0v) is 14.2. The van der Waals surface area contributed by atoms with Crippen LogP contribution < -0.4 is 10.5 Å². The highest BCUT2D eigenvalue weighted by atomic mass is 32.2. The van der Waals surface area contributed by atoms with E-state index in [0.29, 0.717) is 17.9 Å². The molecular weight excluding hydrogens is 302 g/mol. The van der Waals surface area contributed by atoms with Gasteiger partial charge in [-0.15, -0.1) is 0 Å². The van der Waals surface area contributed by atoms with Crippen LogP contribution in [0.25, 0.3) is 0 Å². The standard InChI is InChI=1S/C15H25N3O3S/c1-15(2)6-4-11(5-7-15)9-17-22(20,21)12-8-13(14(16)19)18(3)10-12/h8,10-11,17H,4-7,9H2,1-3H3,(H2,16,19). The first-order chi connectivity index (χ1) is 10.1. The molecule has 0 spiro atoms. The van der Waals surface area contributed by atoms with Crippen molar-refractivity contribution in [1.29, 1.82) is 0 Å². The maximum Gasteiger partial charge on any atom is 0.265 e. The highest BCUT2D eigenvalue weighted by Gasteiger charge is 2.28. The van der Waals surface area contributed by atoms with Gasteiger partial charge in [0.1, 0.15) is 10.6 Å². The Morgan fingerprint density at radius 2 is 2.00 bits per heavy atom. The van der Waals surface area contributed by atoms with Gasteiger partial charge in [0.15, 0.2) is 0 Å². The van der Waals surface area contributed by atoms with E-state index in [9.17, 15) is 13.2 Å². The highest BCUT2D eigenvalue weighted by Crippen LogP contribution is 2.37. The van der Waals surface area contributed by atoms with E-state index in [-0.39, 0.29) is 10.6 Å². The third kappa shape index (κ3) is 3.89. The molecule has 0 bridgehead atoms. The molecule has 0 saturated heterocycles. The van der Waals surface area contributed by atoms with Gasteiger partial charge in [0.25, 0.3) is 5.91 Å². The van der Waals surface area contributed by atoms with Crippen LogP contribution in [0.15, 0.2) is 17.2 Å². The van der Waals surface area contributed by atoms with E-state index in [4.69, 9.17) is 5.73 Å². The third-order valence-corrected chi connectivity index (χ3v) is 5.95. The molecular formula is C15H25N3O3S. The zero-order chi connectivity index (χ0) is 16.5. The number of rotatable bonds is 5. The maximum atomic E-state index is 12.3. The maximum absolute atomic E-state index is 12.3. The minimum Gasteiger partial charge on any atom is -0.364 e. The monoisotopic (exact) mass is 327 g/mol. The van der Waals surface area contributed by atoms with Crippen LogP contribution in [0.1, 0.15) is 50.0 Å². The molecule has 1 amide bonds. The normalized spacial score (nSPS) is 19.2. The highest BCUT2D eigenvalue weighted by molar-refractivity contribution is 7.89. The molecule has 0 aliphatic heterocycles. The predicted molar refractivity (Wildman–Crippen MR) is 84.9 cm³/mol. The second-order valence-electron chi connectivity index (χ2n) is 7.00. The summed E-state index contributed by atoms with van der Waals surface area (Å²) in [4.78, 5) is 11.3. The minimum absolute atomic E-state index is 0.0833. The van der Waals surface area contributed by atoms with Gasteiger partial charge < -0.3 is 10.3 Å². The lowest BCUT2D eigenvalue weighted by atomic mass is 9.73. The lowest BCUT2D eigenvalue weighted by Gasteiger charge is -2.34. The molecule has 1 aromatic rings. The second-order valence-corrected chi connectivity index (χ2v) is 8.76. The SMILES string of the molecule is Cn1cc(S(=O)(=O)NCC2CCC(C)(C)CC2)cc1C(N)=O. The fourth-order valence-corrected chi connectivity index (χ4v) is 4.09. The van der Waals surface area contributed by atoms with Crippen molar-refractivity contribution in [3.8, 4) is 0 Å². The van der Waals surface area contributed by atoms with Gasteiger partial charge >= 0.3 is 0 Å². The van der Waals surface area contributed by atoms with Gasteiger partial charge in [-0.3, -0.25) is 4.79 Å². The van der Waals surface area contributed by atoms with Crippen molar-refractivity contribution in [3.63, 3.8) is 0 Å². The van der Waals surface area contributed by atoms with Crippen molar-refractivity contribution in [1.82, 2.24) is 9.29 Å². The Labute approximate surface area is 132 Å². The molecule has 3 N–H and O–H groups in total. The largest absolute Gasteiger partial charge is 0.364 e. The number of primary amides is 1. The summed E-state index contributed by atoms with van der Waals surface area (Å²) >= 11 is 0. The Bertz CT molecular complexity index is 652. The van der Waals surface area contributed by atoms with E-state index in [1.54, 1.807) is 7.05 Å². The molecule has 7 heteroatoms. The van der Waals surface area contributed by atoms with Crippen molar-refractivity contribution in [3.05, 3.63) is 18.0 Å². The van der Waals surface area contributed by atoms with Crippen LogP contribution in [0, 0.1) is 11.3 Å². The molecule has 124 valence electrons. The van der Waals surface area contributed by atoms with E-state index in [1.165, 1.54) is 16.8 Å². The van der Waals surface area contributed by atoms with Crippen molar-refractivity contribution < 1.29 is 13.2 Å². The summed E-state index contributed by atoms with van der Waals surface area (Å²) in [6.45, 7) is 4.95. The van der Waals surface area contributed by atoms with Crippen LogP contribution in [-0.4, -0.2) is 25.4 Å². The van der Waals surface area contributed by atoms with Crippen molar-refractivity contribution >= 4 is 15.9 Å². The Balaban J connectivity index is 2.00. The topological polar surface area (TPSA) is 94.2 Å². The molecule has 1 aliphatic carbocycles. The van der Waals surface area contributed by atoms with E-state index < -0.39 is 15.9 Å². The quantitative estimate of drug-likeness (QED) is 0.860. The Morgan fingerprint density at radius 1 is 1.41 bits per heavy atom. The number of sulfonamides is 1. The number of hydrogen-bond acceptors (Lipinski definition) is 3. The molecule has 2 rings (SSSR count). The predicted octanol–water partition coefficient (Wildman–Crippen LogP) is 1.62. The van der Waals surface area contributed by atoms with Crippen LogP contribution in [0.2, 0.25) is 0 Å². The first-order valence-electron chi connectivity index (χ1n) is 7.56. The summed E-state index contributed by atoms with van der Waals surface area (Å²) in [5, 5.41) is 0. The Kier molecular flexibility index (Phi) is 4.67. The summed E-state index contributed by atoms with van der Waals surface area (Å²) in [5.41, 5.74) is 5.76. The van der Waals surface area contributed by atoms with Crippen molar-refractivity contribution in [2.75, 3.05) is 6.54 Å². The van der Waals surface area contributed by atoms with Crippen molar-refractivity contribution in [2.24, 2.45) is 24.1 Å². The molecule has 1 heterocycles. The van der Waals surface area contributed by atoms with Gasteiger partial charge in [-0.1, -0.05) is 13.8 Å². The van der Waals surface area contributed by atoms with Crippen LogP contribution in [0.3, 0.4) is 0 Å². The Morgan fingerprint density at radius 3 is 2.50 bits per heavy atom. The summed E-state index contributed by atoms with van der Waals surface area (Å²) in [7, 11) is -2.00. The molecule has 1 saturated carbocycles. The smallest absolute Gasteiger partial charge is 0.265 e. The van der Waals surface area contributed by atoms with Crippen LogP contribution in [0.4, 0.5) is 0 Å². The molecule has 1 fully saturated rings. The fraction of sp³-hybridized carbons (Fsp3) is 0.667. The van der Waals surface area contributed by atoms with Crippen molar-refractivity contribution in [2.45, 2.75) is 44.4 Å². The van der Waals surface area contributed by atoms with Gasteiger partial charge in [0.05, 0.1) is 0 Å². The molecule has 22 heavy (non-hydrogen) atoms. The molecule has 0 atom stereocenters. The lowest BCUT2D eigenvalue weighted by molar-refractivity contribution is 0.0992. The lowest BCUT2D eigenvalue weighted by Crippen LogP contribution is -2.32.